The lowest BCUT2D eigenvalue weighted by atomic mass is 10.2. The first kappa shape index (κ1) is 21.6. The smallest absolute Gasteiger partial charge is 0.308 e. The van der Waals surface area contributed by atoms with Gasteiger partial charge >= 0.3 is 6.18 Å². The molecule has 0 saturated heterocycles. The average molecular weight is 421 g/mol. The zero-order chi connectivity index (χ0) is 20.0. The third kappa shape index (κ3) is 5.87. The molecule has 10 heteroatoms. The van der Waals surface area contributed by atoms with Gasteiger partial charge in [0.15, 0.2) is 5.15 Å². The molecule has 0 saturated carbocycles. The van der Waals surface area contributed by atoms with E-state index in [0.717, 1.165) is 18.7 Å². The third-order valence-corrected chi connectivity index (χ3v) is 5.35. The predicted molar refractivity (Wildman–Crippen MR) is 102 cm³/mol. The molecule has 0 spiro atoms. The van der Waals surface area contributed by atoms with Crippen molar-refractivity contribution in [3.05, 3.63) is 35.9 Å². The number of hydrogen-bond acceptors (Lipinski definition) is 4. The van der Waals surface area contributed by atoms with E-state index in [1.165, 1.54) is 9.58 Å². The Morgan fingerprint density at radius 2 is 2.19 bits per heavy atom. The number of carbonyl (C=O) groups excluding carboxylic acids is 1. The number of carbonyl (C=O) groups is 1. The molecule has 0 radical (unpaired) electrons. The number of halogens is 4. The topological polar surface area (TPSA) is 51.0 Å². The molecule has 2 heterocycles. The van der Waals surface area contributed by atoms with Gasteiger partial charge in [0.25, 0.3) is 0 Å². The van der Waals surface area contributed by atoms with Crippen LogP contribution in [0.15, 0.2) is 30.7 Å². The zero-order valence-corrected chi connectivity index (χ0v) is 16.5. The number of nitrogens with zero attached hydrogens (tertiary/aromatic N) is 4. The second-order valence-corrected chi connectivity index (χ2v) is 7.37. The van der Waals surface area contributed by atoms with E-state index in [9.17, 15) is 18.0 Å². The summed E-state index contributed by atoms with van der Waals surface area (Å²) in [5.41, 5.74) is 1.16. The van der Waals surface area contributed by atoms with E-state index in [0.29, 0.717) is 23.7 Å². The molecule has 0 aliphatic rings. The fraction of sp³-hybridized carbons (Fsp3) is 0.471. The van der Waals surface area contributed by atoms with Gasteiger partial charge in [-0.1, -0.05) is 18.5 Å². The predicted octanol–water partition coefficient (Wildman–Crippen LogP) is 4.60. The number of pyridine rings is 1. The molecule has 2 rings (SSSR count). The van der Waals surface area contributed by atoms with Crippen molar-refractivity contribution in [3.8, 4) is 5.69 Å². The molecule has 0 bridgehead atoms. The molecule has 0 aliphatic heterocycles. The average Bonchev–Trinajstić information content (AvgIpc) is 3.01. The number of anilines is 1. The quantitative estimate of drug-likeness (QED) is 0.586. The number of rotatable bonds is 8. The summed E-state index contributed by atoms with van der Waals surface area (Å²) in [6, 6.07) is 3.56. The van der Waals surface area contributed by atoms with Gasteiger partial charge in [-0.2, -0.15) is 30.0 Å². The Hall–Kier alpha value is -1.74. The van der Waals surface area contributed by atoms with Gasteiger partial charge in [0, 0.05) is 30.7 Å². The number of alkyl halides is 3. The lowest BCUT2D eigenvalue weighted by Crippen LogP contribution is -2.31. The van der Waals surface area contributed by atoms with Gasteiger partial charge in [0.2, 0.25) is 5.91 Å². The Bertz CT molecular complexity index is 754. The lowest BCUT2D eigenvalue weighted by molar-refractivity contribution is -0.162. The molecule has 148 valence electrons. The molecular formula is C17H20ClF3N4OS. The third-order valence-electron chi connectivity index (χ3n) is 3.86. The van der Waals surface area contributed by atoms with Crippen molar-refractivity contribution in [3.63, 3.8) is 0 Å². The van der Waals surface area contributed by atoms with Gasteiger partial charge in [-0.3, -0.25) is 9.78 Å². The zero-order valence-electron chi connectivity index (χ0n) is 14.9. The summed E-state index contributed by atoms with van der Waals surface area (Å²) < 4.78 is 39.1. The van der Waals surface area contributed by atoms with E-state index < -0.39 is 12.1 Å². The van der Waals surface area contributed by atoms with Crippen LogP contribution in [0.3, 0.4) is 0 Å². The number of thioether (sulfide) groups is 1. The van der Waals surface area contributed by atoms with Gasteiger partial charge in [0.05, 0.1) is 24.0 Å². The highest BCUT2D eigenvalue weighted by Crippen LogP contribution is 2.29. The highest BCUT2D eigenvalue weighted by atomic mass is 35.5. The van der Waals surface area contributed by atoms with E-state index in [2.05, 4.69) is 10.1 Å². The number of hydrogen-bond donors (Lipinski definition) is 0. The molecule has 5 nitrogen and oxygen atoms in total. The Kier molecular flexibility index (Phi) is 7.55. The van der Waals surface area contributed by atoms with E-state index in [1.807, 2.05) is 0 Å². The Balaban J connectivity index is 1.98. The second kappa shape index (κ2) is 9.45. The summed E-state index contributed by atoms with van der Waals surface area (Å²) in [5, 5.41) is 4.37. The Morgan fingerprint density at radius 1 is 1.44 bits per heavy atom. The van der Waals surface area contributed by atoms with Gasteiger partial charge in [0.1, 0.15) is 5.69 Å². The number of amides is 1. The molecule has 1 amide bonds. The summed E-state index contributed by atoms with van der Waals surface area (Å²) in [4.78, 5) is 18.0. The van der Waals surface area contributed by atoms with E-state index in [1.54, 1.807) is 37.6 Å². The van der Waals surface area contributed by atoms with E-state index in [-0.39, 0.29) is 23.2 Å². The maximum absolute atomic E-state index is 12.5. The van der Waals surface area contributed by atoms with Crippen molar-refractivity contribution in [2.75, 3.05) is 23.0 Å². The summed E-state index contributed by atoms with van der Waals surface area (Å²) in [6.07, 6.45) is 0.802. The summed E-state index contributed by atoms with van der Waals surface area (Å²) in [5.74, 6) is -1.36. The Morgan fingerprint density at radius 3 is 2.78 bits per heavy atom. The van der Waals surface area contributed by atoms with Crippen molar-refractivity contribution in [2.24, 2.45) is 5.92 Å². The first-order valence-corrected chi connectivity index (χ1v) is 9.87. The van der Waals surface area contributed by atoms with Crippen LogP contribution in [0.5, 0.6) is 0 Å². The maximum atomic E-state index is 12.5. The first-order chi connectivity index (χ1) is 12.7. The molecule has 27 heavy (non-hydrogen) atoms. The van der Waals surface area contributed by atoms with Crippen LogP contribution in [-0.4, -0.2) is 44.9 Å². The van der Waals surface area contributed by atoms with E-state index >= 15 is 0 Å². The van der Waals surface area contributed by atoms with Crippen molar-refractivity contribution in [1.82, 2.24) is 14.8 Å². The maximum Gasteiger partial charge on any atom is 0.392 e. The minimum atomic E-state index is -4.21. The molecule has 1 atom stereocenters. The first-order valence-electron chi connectivity index (χ1n) is 8.34. The van der Waals surface area contributed by atoms with Crippen LogP contribution < -0.4 is 4.90 Å². The monoisotopic (exact) mass is 420 g/mol. The van der Waals surface area contributed by atoms with Gasteiger partial charge in [-0.05, 0) is 19.1 Å². The highest BCUT2D eigenvalue weighted by molar-refractivity contribution is 7.99. The van der Waals surface area contributed by atoms with E-state index in [4.69, 9.17) is 11.6 Å². The fourth-order valence-electron chi connectivity index (χ4n) is 2.28. The Labute approximate surface area is 164 Å². The molecule has 2 aromatic heterocycles. The minimum absolute atomic E-state index is 0.0669. The molecule has 0 aliphatic carbocycles. The highest BCUT2D eigenvalue weighted by Gasteiger charge is 2.35. The van der Waals surface area contributed by atoms with Crippen LogP contribution in [0.25, 0.3) is 5.69 Å². The van der Waals surface area contributed by atoms with Crippen molar-refractivity contribution >= 4 is 35.0 Å². The lowest BCUT2D eigenvalue weighted by Gasteiger charge is -2.20. The van der Waals surface area contributed by atoms with Crippen LogP contribution in [0, 0.1) is 5.92 Å². The van der Waals surface area contributed by atoms with Gasteiger partial charge in [-0.15, -0.1) is 0 Å². The SMILES string of the molecule is CCN(C(=O)CCSCC(C)C(F)(F)F)c1cn(-c2cccnc2)nc1Cl. The molecular weight excluding hydrogens is 401 g/mol. The molecule has 0 fully saturated rings. The largest absolute Gasteiger partial charge is 0.392 e. The van der Waals surface area contributed by atoms with Crippen molar-refractivity contribution < 1.29 is 18.0 Å². The standard InChI is InChI=1S/C17H20ClF3N4OS/c1-3-24(15(26)6-8-27-11-12(2)17(19,20)21)14-10-25(23-16(14)18)13-5-4-7-22-9-13/h4-5,7,9-10,12H,3,6,8,11H2,1-2H3. The van der Waals surface area contributed by atoms with Gasteiger partial charge in [-0.25, -0.2) is 4.68 Å². The minimum Gasteiger partial charge on any atom is -0.308 e. The van der Waals surface area contributed by atoms with Crippen LogP contribution in [0.2, 0.25) is 5.15 Å². The molecule has 0 aromatic carbocycles. The number of aromatic nitrogens is 3. The van der Waals surface area contributed by atoms with Crippen LogP contribution >= 0.6 is 23.4 Å². The summed E-state index contributed by atoms with van der Waals surface area (Å²) in [7, 11) is 0. The fourth-order valence-corrected chi connectivity index (χ4v) is 3.54. The molecule has 1 unspecified atom stereocenters. The summed E-state index contributed by atoms with van der Waals surface area (Å²) >= 11 is 7.31. The van der Waals surface area contributed by atoms with Crippen LogP contribution in [-0.2, 0) is 4.79 Å². The van der Waals surface area contributed by atoms with Crippen LogP contribution in [0.4, 0.5) is 18.9 Å². The van der Waals surface area contributed by atoms with Crippen molar-refractivity contribution in [1.29, 1.82) is 0 Å². The second-order valence-electron chi connectivity index (χ2n) is 5.87. The summed E-state index contributed by atoms with van der Waals surface area (Å²) in [6.45, 7) is 3.31. The normalized spacial score (nSPS) is 12.8. The molecule has 0 N–H and O–H groups in total. The van der Waals surface area contributed by atoms with Gasteiger partial charge < -0.3 is 4.90 Å². The molecule has 2 aromatic rings. The van der Waals surface area contributed by atoms with Crippen LogP contribution in [0.1, 0.15) is 20.3 Å². The van der Waals surface area contributed by atoms with Crippen molar-refractivity contribution in [2.45, 2.75) is 26.4 Å².